The van der Waals surface area contributed by atoms with Gasteiger partial charge in [-0.3, -0.25) is 0 Å². The molecule has 0 bridgehead atoms. The largest absolute Gasteiger partial charge is 0.385 e. The van der Waals surface area contributed by atoms with Crippen molar-refractivity contribution in [2.24, 2.45) is 0 Å². The van der Waals surface area contributed by atoms with Crippen LogP contribution >= 0.6 is 0 Å². The van der Waals surface area contributed by atoms with Gasteiger partial charge in [-0.1, -0.05) is 68.7 Å². The molecule has 0 saturated carbocycles. The van der Waals surface area contributed by atoms with Crippen molar-refractivity contribution in [3.63, 3.8) is 0 Å². The van der Waals surface area contributed by atoms with E-state index in [2.05, 4.69) is 76.0 Å². The maximum atomic E-state index is 3.58. The minimum Gasteiger partial charge on any atom is -0.385 e. The fraction of sp³-hybridized carbons (Fsp3) is 0.579. The minimum absolute atomic E-state index is 0.731. The number of para-hydroxylation sites is 1. The van der Waals surface area contributed by atoms with E-state index < -0.39 is 15.9 Å². The molecule has 1 aromatic carbocycles. The first kappa shape index (κ1) is 19.2. The average Bonchev–Trinajstić information content (AvgIpc) is 2.54. The second-order valence-electron chi connectivity index (χ2n) is 6.71. The van der Waals surface area contributed by atoms with Gasteiger partial charge in [0.15, 0.2) is 0 Å². The second-order valence-corrected chi connectivity index (χ2v) is 19.6. The maximum Gasteiger partial charge on any atom is 0.0560 e. The molecular weight excluding hydrogens is 298 g/mol. The Morgan fingerprint density at radius 1 is 1.05 bits per heavy atom. The summed E-state index contributed by atoms with van der Waals surface area (Å²) in [5.74, 6) is 0. The fourth-order valence-corrected chi connectivity index (χ4v) is 18.5. The summed E-state index contributed by atoms with van der Waals surface area (Å²) in [6.07, 6.45) is 1.32. The number of rotatable bonds is 10. The van der Waals surface area contributed by atoms with Crippen LogP contribution in [0.15, 0.2) is 41.6 Å². The Bertz CT molecular complexity index is 426. The van der Waals surface area contributed by atoms with Crippen LogP contribution in [0.5, 0.6) is 0 Å². The third-order valence-corrected chi connectivity index (χ3v) is 22.9. The number of hydrogen-bond acceptors (Lipinski definition) is 1. The van der Waals surface area contributed by atoms with Gasteiger partial charge in [0, 0.05) is 19.8 Å². The van der Waals surface area contributed by atoms with Crippen LogP contribution in [0.3, 0.4) is 0 Å². The van der Waals surface area contributed by atoms with Crippen molar-refractivity contribution in [3.05, 3.63) is 41.6 Å². The number of hydrogen-bond donors (Lipinski definition) is 1. The van der Waals surface area contributed by atoms with Gasteiger partial charge in [-0.2, -0.15) is 0 Å². The number of allylic oxidation sites excluding steroid dienone is 1. The molecule has 0 aromatic heterocycles. The van der Waals surface area contributed by atoms with E-state index in [1.165, 1.54) is 36.3 Å². The lowest BCUT2D eigenvalue weighted by molar-refractivity contribution is 0.967. The predicted octanol–water partition coefficient (Wildman–Crippen LogP) is 5.81. The van der Waals surface area contributed by atoms with Gasteiger partial charge >= 0.3 is 0 Å². The quantitative estimate of drug-likeness (QED) is 0.421. The zero-order chi connectivity index (χ0) is 16.4. The van der Waals surface area contributed by atoms with Crippen molar-refractivity contribution in [1.82, 2.24) is 0 Å². The average molecular weight is 334 g/mol. The van der Waals surface area contributed by atoms with Crippen LogP contribution in [-0.2, 0) is 0 Å². The molecule has 124 valence electrons. The standard InChI is InChI=1S/C19H35NSi2/c1-6-22(7-2,8-3)21(17-18(4)5)16-12-15-20-19-13-10-9-11-14-19/h9-11,13-14,17,20-21H,6-8,12,15-16H2,1-5H3. The number of anilines is 1. The van der Waals surface area contributed by atoms with Crippen LogP contribution in [0, 0.1) is 0 Å². The van der Waals surface area contributed by atoms with Gasteiger partial charge in [0.1, 0.15) is 0 Å². The highest BCUT2D eigenvalue weighted by Crippen LogP contribution is 2.27. The molecule has 0 fully saturated rings. The molecule has 0 aliphatic rings. The van der Waals surface area contributed by atoms with E-state index in [1.807, 2.05) is 0 Å². The molecule has 1 nitrogen and oxygen atoms in total. The molecule has 1 aromatic rings. The van der Waals surface area contributed by atoms with Crippen molar-refractivity contribution >= 4 is 21.6 Å². The highest BCUT2D eigenvalue weighted by molar-refractivity contribution is 7.35. The van der Waals surface area contributed by atoms with Gasteiger partial charge in [-0.15, -0.1) is 5.70 Å². The molecule has 0 spiro atoms. The molecule has 22 heavy (non-hydrogen) atoms. The molecule has 0 aliphatic carbocycles. The Hall–Kier alpha value is -0.806. The van der Waals surface area contributed by atoms with E-state index in [9.17, 15) is 0 Å². The van der Waals surface area contributed by atoms with Gasteiger partial charge in [0.2, 0.25) is 0 Å². The highest BCUT2D eigenvalue weighted by Gasteiger charge is 2.35. The maximum absolute atomic E-state index is 3.58. The number of benzene rings is 1. The van der Waals surface area contributed by atoms with Crippen LogP contribution in [0.1, 0.15) is 41.0 Å². The lowest BCUT2D eigenvalue weighted by Gasteiger charge is -2.35. The molecular formula is C19H35NSi2. The lowest BCUT2D eigenvalue weighted by atomic mass is 10.3. The first-order chi connectivity index (χ1) is 10.6. The van der Waals surface area contributed by atoms with Crippen molar-refractivity contribution in [2.45, 2.75) is 65.2 Å². The smallest absolute Gasteiger partial charge is 0.0560 e. The Morgan fingerprint density at radius 2 is 1.64 bits per heavy atom. The molecule has 0 amide bonds. The Kier molecular flexibility index (Phi) is 8.80. The fourth-order valence-electron chi connectivity index (χ4n) is 3.62. The molecule has 1 unspecified atom stereocenters. The van der Waals surface area contributed by atoms with Gasteiger partial charge in [-0.05, 0) is 32.4 Å². The van der Waals surface area contributed by atoms with Gasteiger partial charge in [-0.25, -0.2) is 0 Å². The molecule has 3 heteroatoms. The zero-order valence-corrected chi connectivity index (χ0v) is 17.4. The Labute approximate surface area is 140 Å². The predicted molar refractivity (Wildman–Crippen MR) is 108 cm³/mol. The van der Waals surface area contributed by atoms with E-state index in [-0.39, 0.29) is 0 Å². The van der Waals surface area contributed by atoms with E-state index >= 15 is 0 Å². The van der Waals surface area contributed by atoms with Crippen LogP contribution < -0.4 is 5.32 Å². The summed E-state index contributed by atoms with van der Waals surface area (Å²) < 4.78 is 0. The van der Waals surface area contributed by atoms with Crippen molar-refractivity contribution in [1.29, 1.82) is 0 Å². The molecule has 0 aliphatic heterocycles. The molecule has 1 N–H and O–H groups in total. The molecule has 1 atom stereocenters. The van der Waals surface area contributed by atoms with Crippen LogP contribution in [0.4, 0.5) is 5.69 Å². The van der Waals surface area contributed by atoms with Gasteiger partial charge in [0.05, 0.1) is 8.31 Å². The summed E-state index contributed by atoms with van der Waals surface area (Å²) >= 11 is 0. The van der Waals surface area contributed by atoms with Gasteiger partial charge < -0.3 is 5.32 Å². The van der Waals surface area contributed by atoms with E-state index in [1.54, 1.807) is 5.57 Å². The van der Waals surface area contributed by atoms with Crippen molar-refractivity contribution in [3.8, 4) is 0 Å². The Morgan fingerprint density at radius 3 is 2.14 bits per heavy atom. The van der Waals surface area contributed by atoms with Crippen LogP contribution in [0.25, 0.3) is 0 Å². The lowest BCUT2D eigenvalue weighted by Crippen LogP contribution is -2.48. The minimum atomic E-state index is -1.00. The third-order valence-electron chi connectivity index (χ3n) is 5.23. The summed E-state index contributed by atoms with van der Waals surface area (Å²) in [6.45, 7) is 13.1. The first-order valence-corrected chi connectivity index (χ1v) is 14.9. The normalized spacial score (nSPS) is 12.8. The molecule has 1 rings (SSSR count). The zero-order valence-electron chi connectivity index (χ0n) is 15.3. The number of nitrogens with one attached hydrogen (secondary N) is 1. The van der Waals surface area contributed by atoms with E-state index in [0.717, 1.165) is 6.54 Å². The monoisotopic (exact) mass is 333 g/mol. The Balaban J connectivity index is 2.60. The van der Waals surface area contributed by atoms with Crippen molar-refractivity contribution < 1.29 is 0 Å². The topological polar surface area (TPSA) is 12.0 Å². The van der Waals surface area contributed by atoms with E-state index in [0.29, 0.717) is 0 Å². The summed E-state index contributed by atoms with van der Waals surface area (Å²) in [6, 6.07) is 16.5. The summed E-state index contributed by atoms with van der Waals surface area (Å²) in [4.78, 5) is 0. The third kappa shape index (κ3) is 5.77. The summed E-state index contributed by atoms with van der Waals surface area (Å²) in [7, 11) is -1.74. The van der Waals surface area contributed by atoms with Crippen LogP contribution in [0.2, 0.25) is 24.2 Å². The molecule has 0 heterocycles. The van der Waals surface area contributed by atoms with E-state index in [4.69, 9.17) is 0 Å². The molecule has 0 saturated heterocycles. The van der Waals surface area contributed by atoms with Crippen LogP contribution in [-0.4, -0.2) is 22.5 Å². The van der Waals surface area contributed by atoms with Crippen molar-refractivity contribution in [2.75, 3.05) is 11.9 Å². The van der Waals surface area contributed by atoms with Gasteiger partial charge in [0.25, 0.3) is 0 Å². The molecule has 0 radical (unpaired) electrons. The first-order valence-electron chi connectivity index (χ1n) is 9.02. The SMILES string of the molecule is CC[Si](CC)(CC)[SiH](C=C(C)C)CCCNc1ccccc1. The summed E-state index contributed by atoms with van der Waals surface area (Å²) in [5, 5.41) is 3.58. The second kappa shape index (κ2) is 10.1. The highest BCUT2D eigenvalue weighted by atomic mass is 29.2. The summed E-state index contributed by atoms with van der Waals surface area (Å²) in [5.41, 5.74) is 5.54.